The van der Waals surface area contributed by atoms with Crippen molar-refractivity contribution >= 4 is 5.91 Å². The number of aryl methyl sites for hydroxylation is 2. The van der Waals surface area contributed by atoms with Crippen molar-refractivity contribution in [2.24, 2.45) is 0 Å². The average molecular weight is 341 g/mol. The molecule has 0 radical (unpaired) electrons. The van der Waals surface area contributed by atoms with E-state index in [2.05, 4.69) is 11.4 Å². The van der Waals surface area contributed by atoms with Crippen molar-refractivity contribution < 1.29 is 19.0 Å². The van der Waals surface area contributed by atoms with E-state index < -0.39 is 0 Å². The summed E-state index contributed by atoms with van der Waals surface area (Å²) < 4.78 is 16.3. The molecule has 25 heavy (non-hydrogen) atoms. The van der Waals surface area contributed by atoms with Gasteiger partial charge < -0.3 is 19.5 Å². The third-order valence-electron chi connectivity index (χ3n) is 4.09. The number of carbonyl (C=O) groups is 1. The van der Waals surface area contributed by atoms with Crippen molar-refractivity contribution in [1.29, 1.82) is 0 Å². The van der Waals surface area contributed by atoms with Crippen molar-refractivity contribution in [3.8, 4) is 17.2 Å². The Labute approximate surface area is 147 Å². The molecule has 1 aliphatic rings. The molecule has 132 valence electrons. The number of ether oxygens (including phenoxy) is 3. The smallest absolute Gasteiger partial charge is 0.231 e. The Morgan fingerprint density at radius 3 is 2.80 bits per heavy atom. The first-order chi connectivity index (χ1) is 12.1. The number of benzene rings is 2. The molecule has 0 bridgehead atoms. The number of hydrogen-bond acceptors (Lipinski definition) is 4. The van der Waals surface area contributed by atoms with Crippen molar-refractivity contribution in [3.63, 3.8) is 0 Å². The van der Waals surface area contributed by atoms with Crippen molar-refractivity contribution in [3.05, 3.63) is 53.1 Å². The van der Waals surface area contributed by atoms with E-state index >= 15 is 0 Å². The second kappa shape index (κ2) is 7.92. The van der Waals surface area contributed by atoms with Crippen LogP contribution in [0.4, 0.5) is 0 Å². The lowest BCUT2D eigenvalue weighted by atomic mass is 10.1. The van der Waals surface area contributed by atoms with Gasteiger partial charge in [-0.25, -0.2) is 0 Å². The summed E-state index contributed by atoms with van der Waals surface area (Å²) in [5.74, 6) is 2.37. The second-order valence-corrected chi connectivity index (χ2v) is 6.15. The van der Waals surface area contributed by atoms with Gasteiger partial charge in [0.15, 0.2) is 11.5 Å². The monoisotopic (exact) mass is 341 g/mol. The zero-order valence-corrected chi connectivity index (χ0v) is 14.6. The summed E-state index contributed by atoms with van der Waals surface area (Å²) in [4.78, 5) is 11.9. The average Bonchev–Trinajstić information content (AvgIpc) is 3.04. The molecule has 5 nitrogen and oxygen atoms in total. The van der Waals surface area contributed by atoms with Crippen LogP contribution in [-0.2, 0) is 11.2 Å². The molecule has 1 amide bonds. The molecular formula is C20H23NO4. The van der Waals surface area contributed by atoms with Gasteiger partial charge in [-0.3, -0.25) is 4.79 Å². The molecule has 1 aliphatic heterocycles. The Kier molecular flexibility index (Phi) is 5.43. The molecule has 0 atom stereocenters. The van der Waals surface area contributed by atoms with E-state index in [4.69, 9.17) is 14.2 Å². The van der Waals surface area contributed by atoms with E-state index in [9.17, 15) is 4.79 Å². The van der Waals surface area contributed by atoms with Gasteiger partial charge in [0.1, 0.15) is 5.75 Å². The van der Waals surface area contributed by atoms with Gasteiger partial charge in [-0.2, -0.15) is 0 Å². The van der Waals surface area contributed by atoms with Crippen LogP contribution in [0.15, 0.2) is 36.4 Å². The molecule has 2 aromatic carbocycles. The number of fused-ring (bicyclic) bond motifs is 1. The number of nitrogens with one attached hydrogen (secondary N) is 1. The van der Waals surface area contributed by atoms with Gasteiger partial charge in [0.2, 0.25) is 12.7 Å². The summed E-state index contributed by atoms with van der Waals surface area (Å²) in [6, 6.07) is 11.9. The van der Waals surface area contributed by atoms with Crippen LogP contribution in [0.1, 0.15) is 23.1 Å². The number of amides is 1. The van der Waals surface area contributed by atoms with E-state index in [0.29, 0.717) is 19.6 Å². The maximum atomic E-state index is 11.9. The van der Waals surface area contributed by atoms with Crippen LogP contribution in [0.3, 0.4) is 0 Å². The first-order valence-electron chi connectivity index (χ1n) is 8.47. The highest BCUT2D eigenvalue weighted by atomic mass is 16.7. The Morgan fingerprint density at radius 1 is 1.12 bits per heavy atom. The Balaban J connectivity index is 1.37. The molecule has 2 aromatic rings. The summed E-state index contributed by atoms with van der Waals surface area (Å²) in [6.45, 7) is 5.29. The van der Waals surface area contributed by atoms with Crippen molar-refractivity contribution in [1.82, 2.24) is 5.32 Å². The zero-order chi connectivity index (χ0) is 17.6. The lowest BCUT2D eigenvalue weighted by Crippen LogP contribution is -2.27. The third kappa shape index (κ3) is 4.66. The molecule has 0 unspecified atom stereocenters. The normalized spacial score (nSPS) is 12.1. The largest absolute Gasteiger partial charge is 0.493 e. The van der Waals surface area contributed by atoms with Gasteiger partial charge in [-0.05, 0) is 49.6 Å². The minimum atomic E-state index is -0.00879. The molecule has 0 aliphatic carbocycles. The van der Waals surface area contributed by atoms with Crippen LogP contribution in [0.2, 0.25) is 0 Å². The van der Waals surface area contributed by atoms with Crippen molar-refractivity contribution in [2.45, 2.75) is 26.7 Å². The first kappa shape index (κ1) is 17.1. The highest BCUT2D eigenvalue weighted by Gasteiger charge is 2.13. The summed E-state index contributed by atoms with van der Waals surface area (Å²) in [6.07, 6.45) is 1.09. The van der Waals surface area contributed by atoms with Crippen molar-refractivity contribution in [2.75, 3.05) is 19.9 Å². The van der Waals surface area contributed by atoms with Crippen LogP contribution in [0.25, 0.3) is 0 Å². The van der Waals surface area contributed by atoms with E-state index in [0.717, 1.165) is 34.8 Å². The molecule has 1 heterocycles. The molecule has 0 fully saturated rings. The third-order valence-corrected chi connectivity index (χ3v) is 4.09. The van der Waals surface area contributed by atoms with E-state index in [1.807, 2.05) is 44.2 Å². The molecule has 0 spiro atoms. The minimum Gasteiger partial charge on any atom is -0.493 e. The Hall–Kier alpha value is -2.69. The lowest BCUT2D eigenvalue weighted by Gasteiger charge is -2.10. The number of hydrogen-bond donors (Lipinski definition) is 1. The van der Waals surface area contributed by atoms with Gasteiger partial charge in [0, 0.05) is 6.54 Å². The first-order valence-corrected chi connectivity index (χ1v) is 8.47. The maximum absolute atomic E-state index is 11.9. The number of rotatable bonds is 7. The molecule has 0 saturated heterocycles. The van der Waals surface area contributed by atoms with E-state index in [-0.39, 0.29) is 12.7 Å². The van der Waals surface area contributed by atoms with Crippen LogP contribution in [-0.4, -0.2) is 25.9 Å². The summed E-state index contributed by atoms with van der Waals surface area (Å²) in [5.41, 5.74) is 3.39. The minimum absolute atomic E-state index is 0.00879. The zero-order valence-electron chi connectivity index (χ0n) is 14.6. The SMILES string of the molecule is Cc1ccc(OCCC(=O)NCCc2ccc3c(c2)OCO3)c(C)c1. The quantitative estimate of drug-likeness (QED) is 0.840. The molecule has 3 rings (SSSR count). The fraction of sp³-hybridized carbons (Fsp3) is 0.350. The summed E-state index contributed by atoms with van der Waals surface area (Å²) in [5, 5.41) is 2.92. The highest BCUT2D eigenvalue weighted by molar-refractivity contribution is 5.76. The maximum Gasteiger partial charge on any atom is 0.231 e. The molecule has 0 saturated carbocycles. The van der Waals surface area contributed by atoms with Crippen LogP contribution in [0, 0.1) is 13.8 Å². The van der Waals surface area contributed by atoms with Gasteiger partial charge in [-0.15, -0.1) is 0 Å². The van der Waals surface area contributed by atoms with Gasteiger partial charge in [-0.1, -0.05) is 23.8 Å². The van der Waals surface area contributed by atoms with Gasteiger partial charge in [0.25, 0.3) is 0 Å². The Bertz CT molecular complexity index is 757. The van der Waals surface area contributed by atoms with Gasteiger partial charge in [0.05, 0.1) is 13.0 Å². The fourth-order valence-electron chi connectivity index (χ4n) is 2.75. The predicted octanol–water partition coefficient (Wildman–Crippen LogP) is 3.16. The molecule has 0 aromatic heterocycles. The topological polar surface area (TPSA) is 56.8 Å². The van der Waals surface area contributed by atoms with Crippen LogP contribution >= 0.6 is 0 Å². The highest BCUT2D eigenvalue weighted by Crippen LogP contribution is 2.32. The van der Waals surface area contributed by atoms with E-state index in [1.165, 1.54) is 5.56 Å². The second-order valence-electron chi connectivity index (χ2n) is 6.15. The molecule has 1 N–H and O–H groups in total. The van der Waals surface area contributed by atoms with E-state index in [1.54, 1.807) is 0 Å². The summed E-state index contributed by atoms with van der Waals surface area (Å²) >= 11 is 0. The standard InChI is InChI=1S/C20H23NO4/c1-14-3-5-17(15(2)11-14)23-10-8-20(22)21-9-7-16-4-6-18-19(12-16)25-13-24-18/h3-6,11-12H,7-10,13H2,1-2H3,(H,21,22). The Morgan fingerprint density at radius 2 is 1.96 bits per heavy atom. The molecule has 5 heteroatoms. The predicted molar refractivity (Wildman–Crippen MR) is 95.3 cm³/mol. The lowest BCUT2D eigenvalue weighted by molar-refractivity contribution is -0.121. The van der Waals surface area contributed by atoms with Crippen LogP contribution < -0.4 is 19.5 Å². The van der Waals surface area contributed by atoms with Crippen LogP contribution in [0.5, 0.6) is 17.2 Å². The molecular weight excluding hydrogens is 318 g/mol. The number of carbonyl (C=O) groups excluding carboxylic acids is 1. The van der Waals surface area contributed by atoms with Gasteiger partial charge >= 0.3 is 0 Å². The fourth-order valence-corrected chi connectivity index (χ4v) is 2.75. The summed E-state index contributed by atoms with van der Waals surface area (Å²) in [7, 11) is 0.